The highest BCUT2D eigenvalue weighted by Gasteiger charge is 2.11. The summed E-state index contributed by atoms with van der Waals surface area (Å²) < 4.78 is 15.4. The second-order valence-electron chi connectivity index (χ2n) is 4.45. The minimum absolute atomic E-state index is 0.0163. The Kier molecular flexibility index (Phi) is 6.31. The third kappa shape index (κ3) is 3.87. The van der Waals surface area contributed by atoms with Gasteiger partial charge in [-0.2, -0.15) is 5.10 Å². The lowest BCUT2D eigenvalue weighted by molar-refractivity contribution is 0.269. The van der Waals surface area contributed by atoms with E-state index in [0.29, 0.717) is 17.9 Å². The molecule has 0 spiro atoms. The van der Waals surface area contributed by atoms with Gasteiger partial charge >= 0.3 is 0 Å². The zero-order valence-corrected chi connectivity index (χ0v) is 12.5. The Balaban J connectivity index is 0.000000956. The van der Waals surface area contributed by atoms with Crippen LogP contribution in [0.4, 0.5) is 4.39 Å². The van der Waals surface area contributed by atoms with E-state index in [0.717, 1.165) is 5.56 Å². The number of aliphatic hydroxyl groups excluding tert-OH is 1. The van der Waals surface area contributed by atoms with Crippen LogP contribution in [0.25, 0.3) is 11.4 Å². The predicted molar refractivity (Wildman–Crippen MR) is 77.9 cm³/mol. The van der Waals surface area contributed by atoms with Gasteiger partial charge in [0.1, 0.15) is 12.1 Å². The van der Waals surface area contributed by atoms with Gasteiger partial charge in [0.15, 0.2) is 5.82 Å². The predicted octanol–water partition coefficient (Wildman–Crippen LogP) is 3.23. The third-order valence-corrected chi connectivity index (χ3v) is 2.77. The lowest BCUT2D eigenvalue weighted by Gasteiger charge is -2.06. The number of nitrogens with zero attached hydrogens (tertiary/aromatic N) is 3. The van der Waals surface area contributed by atoms with Crippen LogP contribution in [0.1, 0.15) is 39.2 Å². The van der Waals surface area contributed by atoms with E-state index in [2.05, 4.69) is 10.1 Å². The van der Waals surface area contributed by atoms with Crippen LogP contribution in [0.2, 0.25) is 0 Å². The van der Waals surface area contributed by atoms with Gasteiger partial charge in [-0.3, -0.25) is 4.68 Å². The van der Waals surface area contributed by atoms with Crippen LogP contribution in [0.3, 0.4) is 0 Å². The van der Waals surface area contributed by atoms with E-state index in [-0.39, 0.29) is 18.3 Å². The summed E-state index contributed by atoms with van der Waals surface area (Å²) in [5, 5.41) is 12.9. The fourth-order valence-corrected chi connectivity index (χ4v) is 1.70. The van der Waals surface area contributed by atoms with Crippen molar-refractivity contribution in [3.05, 3.63) is 35.9 Å². The molecule has 5 heteroatoms. The Morgan fingerprint density at radius 2 is 2.00 bits per heavy atom. The van der Waals surface area contributed by atoms with Gasteiger partial charge in [0.05, 0.1) is 18.7 Å². The molecule has 2 rings (SSSR count). The largest absolute Gasteiger partial charge is 0.394 e. The SMILES string of the molecule is CC.CC(C)c1ccc(-c2ncn(CCO)n2)c(F)c1. The summed E-state index contributed by atoms with van der Waals surface area (Å²) in [7, 11) is 0. The first-order valence-corrected chi connectivity index (χ1v) is 6.92. The van der Waals surface area contributed by atoms with Crippen molar-refractivity contribution in [3.8, 4) is 11.4 Å². The molecule has 0 unspecified atom stereocenters. The lowest BCUT2D eigenvalue weighted by atomic mass is 10.0. The number of benzene rings is 1. The highest BCUT2D eigenvalue weighted by Crippen LogP contribution is 2.23. The summed E-state index contributed by atoms with van der Waals surface area (Å²) in [6, 6.07) is 5.10. The van der Waals surface area contributed by atoms with Gasteiger partial charge in [-0.25, -0.2) is 9.37 Å². The number of rotatable bonds is 4. The summed E-state index contributed by atoms with van der Waals surface area (Å²) in [4.78, 5) is 4.04. The van der Waals surface area contributed by atoms with E-state index in [4.69, 9.17) is 5.11 Å². The maximum absolute atomic E-state index is 14.0. The van der Waals surface area contributed by atoms with Crippen LogP contribution in [-0.2, 0) is 6.54 Å². The first kappa shape index (κ1) is 16.3. The summed E-state index contributed by atoms with van der Waals surface area (Å²) >= 11 is 0. The van der Waals surface area contributed by atoms with E-state index in [1.54, 1.807) is 6.07 Å². The molecule has 0 saturated heterocycles. The van der Waals surface area contributed by atoms with Gasteiger partial charge in [-0.15, -0.1) is 0 Å². The molecule has 0 aliphatic heterocycles. The van der Waals surface area contributed by atoms with Crippen molar-refractivity contribution < 1.29 is 9.50 Å². The molecule has 1 N–H and O–H groups in total. The van der Waals surface area contributed by atoms with Gasteiger partial charge in [0.25, 0.3) is 0 Å². The average molecular weight is 279 g/mol. The van der Waals surface area contributed by atoms with Crippen molar-refractivity contribution in [3.63, 3.8) is 0 Å². The zero-order chi connectivity index (χ0) is 15.1. The Morgan fingerprint density at radius 1 is 1.30 bits per heavy atom. The van der Waals surface area contributed by atoms with E-state index in [1.165, 1.54) is 17.1 Å². The number of aromatic nitrogens is 3. The van der Waals surface area contributed by atoms with Crippen LogP contribution in [-0.4, -0.2) is 26.5 Å². The Hall–Kier alpha value is -1.75. The minimum atomic E-state index is -0.317. The molecule has 0 radical (unpaired) electrons. The fraction of sp³-hybridized carbons (Fsp3) is 0.467. The van der Waals surface area contributed by atoms with E-state index in [9.17, 15) is 4.39 Å². The maximum atomic E-state index is 14.0. The second-order valence-corrected chi connectivity index (χ2v) is 4.45. The van der Waals surface area contributed by atoms with Crippen LogP contribution >= 0.6 is 0 Å². The standard InChI is InChI=1S/C13H16FN3O.C2H6/c1-9(2)10-3-4-11(12(14)7-10)13-15-8-17(16-13)5-6-18;1-2/h3-4,7-9,18H,5-6H2,1-2H3;1-2H3. The third-order valence-electron chi connectivity index (χ3n) is 2.77. The Morgan fingerprint density at radius 3 is 2.55 bits per heavy atom. The molecule has 1 heterocycles. The highest BCUT2D eigenvalue weighted by atomic mass is 19.1. The molecule has 0 atom stereocenters. The summed E-state index contributed by atoms with van der Waals surface area (Å²) in [6.07, 6.45) is 1.49. The second kappa shape index (κ2) is 7.75. The molecule has 2 aromatic rings. The smallest absolute Gasteiger partial charge is 0.184 e. The fourth-order valence-electron chi connectivity index (χ4n) is 1.70. The first-order chi connectivity index (χ1) is 9.61. The van der Waals surface area contributed by atoms with Gasteiger partial charge in [0, 0.05) is 0 Å². The molecule has 0 bridgehead atoms. The van der Waals surface area contributed by atoms with Crippen molar-refractivity contribution in [2.45, 2.75) is 40.2 Å². The molecule has 0 amide bonds. The van der Waals surface area contributed by atoms with Gasteiger partial charge in [-0.1, -0.05) is 33.8 Å². The van der Waals surface area contributed by atoms with Crippen molar-refractivity contribution in [2.24, 2.45) is 0 Å². The first-order valence-electron chi connectivity index (χ1n) is 6.92. The molecule has 1 aromatic carbocycles. The molecule has 1 aromatic heterocycles. The summed E-state index contributed by atoms with van der Waals surface area (Å²) in [5.74, 6) is 0.313. The Bertz CT molecular complexity index is 538. The van der Waals surface area contributed by atoms with Crippen molar-refractivity contribution in [1.29, 1.82) is 0 Å². The summed E-state index contributed by atoms with van der Waals surface area (Å²) in [5.41, 5.74) is 1.34. The average Bonchev–Trinajstić information content (AvgIpc) is 2.89. The highest BCUT2D eigenvalue weighted by molar-refractivity contribution is 5.56. The van der Waals surface area contributed by atoms with Gasteiger partial charge < -0.3 is 5.11 Å². The Labute approximate surface area is 119 Å². The number of hydrogen-bond acceptors (Lipinski definition) is 3. The quantitative estimate of drug-likeness (QED) is 0.934. The maximum Gasteiger partial charge on any atom is 0.184 e. The molecule has 0 aliphatic carbocycles. The molecule has 20 heavy (non-hydrogen) atoms. The zero-order valence-electron chi connectivity index (χ0n) is 12.5. The molecular weight excluding hydrogens is 257 g/mol. The normalized spacial score (nSPS) is 10.3. The molecule has 110 valence electrons. The van der Waals surface area contributed by atoms with Gasteiger partial charge in [-0.05, 0) is 23.6 Å². The topological polar surface area (TPSA) is 50.9 Å². The van der Waals surface area contributed by atoms with Crippen LogP contribution in [0.5, 0.6) is 0 Å². The number of hydrogen-bond donors (Lipinski definition) is 1. The molecule has 0 saturated carbocycles. The van der Waals surface area contributed by atoms with E-state index >= 15 is 0 Å². The van der Waals surface area contributed by atoms with Crippen LogP contribution in [0.15, 0.2) is 24.5 Å². The van der Waals surface area contributed by atoms with Gasteiger partial charge in [0.2, 0.25) is 0 Å². The molecule has 0 fully saturated rings. The minimum Gasteiger partial charge on any atom is -0.394 e. The van der Waals surface area contributed by atoms with Crippen LogP contribution < -0.4 is 0 Å². The number of aliphatic hydroxyl groups is 1. The lowest BCUT2D eigenvalue weighted by Crippen LogP contribution is -2.02. The van der Waals surface area contributed by atoms with Crippen molar-refractivity contribution >= 4 is 0 Å². The molecule has 4 nitrogen and oxygen atoms in total. The van der Waals surface area contributed by atoms with E-state index in [1.807, 2.05) is 33.8 Å². The summed E-state index contributed by atoms with van der Waals surface area (Å²) in [6.45, 7) is 8.38. The monoisotopic (exact) mass is 279 g/mol. The van der Waals surface area contributed by atoms with Crippen LogP contribution in [0, 0.1) is 5.82 Å². The van der Waals surface area contributed by atoms with Crippen molar-refractivity contribution in [1.82, 2.24) is 14.8 Å². The molecule has 0 aliphatic rings. The molecular formula is C15H22FN3O. The van der Waals surface area contributed by atoms with E-state index < -0.39 is 0 Å². The number of halogens is 1. The van der Waals surface area contributed by atoms with Crippen molar-refractivity contribution in [2.75, 3.05) is 6.61 Å².